The number of benzene rings is 2. The van der Waals surface area contributed by atoms with E-state index < -0.39 is 23.5 Å². The van der Waals surface area contributed by atoms with Crippen LogP contribution in [0.1, 0.15) is 22.9 Å². The molecule has 5 nitrogen and oxygen atoms in total. The molecule has 4 rings (SSSR count). The van der Waals surface area contributed by atoms with Crippen molar-refractivity contribution in [2.75, 3.05) is 0 Å². The smallest absolute Gasteiger partial charge is 0.296 e. The molecule has 3 aromatic rings. The molecule has 2 heterocycles. The van der Waals surface area contributed by atoms with E-state index in [1.807, 2.05) is 0 Å². The van der Waals surface area contributed by atoms with Crippen molar-refractivity contribution in [3.63, 3.8) is 0 Å². The van der Waals surface area contributed by atoms with E-state index in [0.717, 1.165) is 0 Å². The average molecular weight is 412 g/mol. The van der Waals surface area contributed by atoms with Crippen LogP contribution in [-0.2, 0) is 16.1 Å². The van der Waals surface area contributed by atoms with E-state index in [2.05, 4.69) is 0 Å². The van der Waals surface area contributed by atoms with Crippen LogP contribution in [0.3, 0.4) is 0 Å². The van der Waals surface area contributed by atoms with Crippen molar-refractivity contribution in [1.29, 1.82) is 0 Å². The summed E-state index contributed by atoms with van der Waals surface area (Å²) in [5.74, 6) is -1.89. The van der Waals surface area contributed by atoms with Gasteiger partial charge in [-0.1, -0.05) is 23.7 Å². The fourth-order valence-electron chi connectivity index (χ4n) is 3.37. The van der Waals surface area contributed by atoms with E-state index in [-0.39, 0.29) is 17.9 Å². The van der Waals surface area contributed by atoms with Crippen LogP contribution < -0.4 is 0 Å². The molecule has 2 aromatic carbocycles. The van der Waals surface area contributed by atoms with Gasteiger partial charge in [0.1, 0.15) is 17.3 Å². The van der Waals surface area contributed by atoms with Crippen molar-refractivity contribution in [2.24, 2.45) is 0 Å². The van der Waals surface area contributed by atoms with Gasteiger partial charge in [-0.15, -0.1) is 0 Å². The van der Waals surface area contributed by atoms with Crippen LogP contribution in [0.4, 0.5) is 4.39 Å². The van der Waals surface area contributed by atoms with Gasteiger partial charge >= 0.3 is 0 Å². The molecule has 0 bridgehead atoms. The van der Waals surface area contributed by atoms with E-state index in [1.54, 1.807) is 36.4 Å². The van der Waals surface area contributed by atoms with E-state index in [9.17, 15) is 19.1 Å². The number of aliphatic hydroxyl groups excluding tert-OH is 1. The van der Waals surface area contributed by atoms with Crippen molar-refractivity contribution in [3.8, 4) is 0 Å². The van der Waals surface area contributed by atoms with Gasteiger partial charge in [-0.3, -0.25) is 9.59 Å². The van der Waals surface area contributed by atoms with E-state index in [1.165, 1.54) is 35.4 Å². The summed E-state index contributed by atoms with van der Waals surface area (Å²) < 4.78 is 18.8. The largest absolute Gasteiger partial charge is 0.507 e. The van der Waals surface area contributed by atoms with Crippen molar-refractivity contribution in [2.45, 2.75) is 12.6 Å². The minimum absolute atomic E-state index is 0.0248. The van der Waals surface area contributed by atoms with Gasteiger partial charge in [0.25, 0.3) is 11.7 Å². The van der Waals surface area contributed by atoms with Crippen molar-refractivity contribution in [3.05, 3.63) is 100 Å². The number of amides is 1. The van der Waals surface area contributed by atoms with Crippen LogP contribution in [0.15, 0.2) is 76.9 Å². The van der Waals surface area contributed by atoms with Crippen molar-refractivity contribution >= 4 is 29.1 Å². The first-order chi connectivity index (χ1) is 14.0. The summed E-state index contributed by atoms with van der Waals surface area (Å²) in [6.45, 7) is 0.0248. The molecular weight excluding hydrogens is 397 g/mol. The summed E-state index contributed by atoms with van der Waals surface area (Å²) in [5.41, 5.74) is 0.765. The molecule has 0 aliphatic carbocycles. The lowest BCUT2D eigenvalue weighted by atomic mass is 9.95. The summed E-state index contributed by atoms with van der Waals surface area (Å²) in [6, 6.07) is 14.2. The highest BCUT2D eigenvalue weighted by atomic mass is 35.5. The standard InChI is InChI=1S/C22H15ClFNO4/c23-15-7-3-14(4-8-15)20(26)18-19(13-5-9-16(24)10-6-13)25(22(28)21(18)27)12-17-2-1-11-29-17/h1-11,19,26H,12H2/b20-18+/t19-/m0/s1. The number of nitrogens with zero attached hydrogens (tertiary/aromatic N) is 1. The number of likely N-dealkylation sites (tertiary alicyclic amines) is 1. The molecule has 1 N–H and O–H groups in total. The SMILES string of the molecule is O=C1C(=O)N(Cc2ccco2)[C@@H](c2ccc(F)cc2)/C1=C(\O)c1ccc(Cl)cc1. The molecule has 1 amide bonds. The second-order valence-corrected chi connectivity index (χ2v) is 7.00. The third kappa shape index (κ3) is 3.54. The number of furan rings is 1. The molecule has 29 heavy (non-hydrogen) atoms. The molecule has 1 atom stereocenters. The zero-order valence-electron chi connectivity index (χ0n) is 15.0. The third-order valence-corrected chi connectivity index (χ3v) is 5.00. The predicted molar refractivity (Wildman–Crippen MR) is 104 cm³/mol. The Labute approximate surface area is 170 Å². The van der Waals surface area contributed by atoms with E-state index >= 15 is 0 Å². The normalized spacial score (nSPS) is 18.4. The molecular formula is C22H15ClFNO4. The van der Waals surface area contributed by atoms with Crippen molar-refractivity contribution < 1.29 is 23.5 Å². The van der Waals surface area contributed by atoms with Gasteiger partial charge < -0.3 is 14.4 Å². The molecule has 146 valence electrons. The number of rotatable bonds is 4. The van der Waals surface area contributed by atoms with Gasteiger partial charge in [0.2, 0.25) is 0 Å². The van der Waals surface area contributed by atoms with Gasteiger partial charge in [0.15, 0.2) is 0 Å². The Morgan fingerprint density at radius 2 is 1.76 bits per heavy atom. The summed E-state index contributed by atoms with van der Waals surface area (Å²) >= 11 is 5.90. The number of Topliss-reactive ketones (excluding diaryl/α,β-unsaturated/α-hetero) is 1. The molecule has 1 aromatic heterocycles. The first-order valence-corrected chi connectivity index (χ1v) is 9.15. The van der Waals surface area contributed by atoms with Crippen LogP contribution in [0.5, 0.6) is 0 Å². The molecule has 1 aliphatic rings. The monoisotopic (exact) mass is 411 g/mol. The number of hydrogen-bond donors (Lipinski definition) is 1. The van der Waals surface area contributed by atoms with E-state index in [4.69, 9.17) is 16.0 Å². The minimum atomic E-state index is -0.892. The first kappa shape index (κ1) is 19.0. The molecule has 1 fully saturated rings. The molecule has 1 saturated heterocycles. The van der Waals surface area contributed by atoms with Gasteiger partial charge in [-0.05, 0) is 54.1 Å². The second kappa shape index (κ2) is 7.56. The second-order valence-electron chi connectivity index (χ2n) is 6.56. The Hall–Kier alpha value is -3.38. The lowest BCUT2D eigenvalue weighted by Crippen LogP contribution is -2.29. The van der Waals surface area contributed by atoms with Crippen LogP contribution in [0.25, 0.3) is 5.76 Å². The van der Waals surface area contributed by atoms with Gasteiger partial charge in [0.05, 0.1) is 24.4 Å². The third-order valence-electron chi connectivity index (χ3n) is 4.75. The van der Waals surface area contributed by atoms with Crippen LogP contribution in [-0.4, -0.2) is 21.7 Å². The van der Waals surface area contributed by atoms with Crippen LogP contribution in [0, 0.1) is 5.82 Å². The molecule has 1 aliphatic heterocycles. The highest BCUT2D eigenvalue weighted by molar-refractivity contribution is 6.46. The number of ketones is 1. The lowest BCUT2D eigenvalue weighted by molar-refractivity contribution is -0.140. The first-order valence-electron chi connectivity index (χ1n) is 8.78. The molecule has 0 saturated carbocycles. The quantitative estimate of drug-likeness (QED) is 0.384. The number of carbonyl (C=O) groups is 2. The summed E-state index contributed by atoms with van der Waals surface area (Å²) in [5, 5.41) is 11.3. The minimum Gasteiger partial charge on any atom is -0.507 e. The maximum atomic E-state index is 13.5. The zero-order chi connectivity index (χ0) is 20.5. The molecule has 0 radical (unpaired) electrons. The van der Waals surface area contributed by atoms with E-state index in [0.29, 0.717) is 21.9 Å². The summed E-state index contributed by atoms with van der Waals surface area (Å²) in [4.78, 5) is 26.9. The predicted octanol–water partition coefficient (Wildman–Crippen LogP) is 4.69. The summed E-state index contributed by atoms with van der Waals surface area (Å²) in [6.07, 6.45) is 1.46. The zero-order valence-corrected chi connectivity index (χ0v) is 15.8. The number of carbonyl (C=O) groups excluding carboxylic acids is 2. The number of hydrogen-bond acceptors (Lipinski definition) is 4. The number of halogens is 2. The van der Waals surface area contributed by atoms with Gasteiger partial charge in [-0.25, -0.2) is 4.39 Å². The number of aliphatic hydroxyl groups is 1. The molecule has 0 spiro atoms. The highest BCUT2D eigenvalue weighted by Crippen LogP contribution is 2.40. The molecule has 0 unspecified atom stereocenters. The maximum absolute atomic E-state index is 13.5. The lowest BCUT2D eigenvalue weighted by Gasteiger charge is -2.24. The topological polar surface area (TPSA) is 70.8 Å². The highest BCUT2D eigenvalue weighted by Gasteiger charge is 2.46. The Morgan fingerprint density at radius 1 is 1.07 bits per heavy atom. The van der Waals surface area contributed by atoms with Gasteiger partial charge in [-0.2, -0.15) is 0 Å². The summed E-state index contributed by atoms with van der Waals surface area (Å²) in [7, 11) is 0. The Balaban J connectivity index is 1.86. The van der Waals surface area contributed by atoms with Crippen LogP contribution >= 0.6 is 11.6 Å². The Bertz CT molecular complexity index is 1090. The fourth-order valence-corrected chi connectivity index (χ4v) is 3.49. The molecule has 7 heteroatoms. The average Bonchev–Trinajstić information content (AvgIpc) is 3.31. The van der Waals surface area contributed by atoms with Gasteiger partial charge in [0, 0.05) is 10.6 Å². The van der Waals surface area contributed by atoms with Crippen LogP contribution in [0.2, 0.25) is 5.02 Å². The maximum Gasteiger partial charge on any atom is 0.296 e. The Morgan fingerprint density at radius 3 is 2.38 bits per heavy atom. The van der Waals surface area contributed by atoms with Crippen molar-refractivity contribution in [1.82, 2.24) is 4.90 Å². The fraction of sp³-hybridized carbons (Fsp3) is 0.0909. The Kier molecular flexibility index (Phi) is 4.94.